The fraction of sp³-hybridized carbons (Fsp3) is 0.357. The van der Waals surface area contributed by atoms with Crippen LogP contribution < -0.4 is 5.32 Å². The number of aryl methyl sites for hydroxylation is 2. The minimum absolute atomic E-state index is 0.675. The predicted molar refractivity (Wildman–Crippen MR) is 73.7 cm³/mol. The maximum absolute atomic E-state index is 4.54. The summed E-state index contributed by atoms with van der Waals surface area (Å²) in [4.78, 5) is 13.4. The molecule has 0 atom stereocenters. The third kappa shape index (κ3) is 2.32. The van der Waals surface area contributed by atoms with Crippen LogP contribution >= 0.6 is 0 Å². The third-order valence-corrected chi connectivity index (χ3v) is 2.94. The Labute approximate surface area is 108 Å². The van der Waals surface area contributed by atoms with E-state index in [1.807, 2.05) is 39.2 Å². The third-order valence-electron chi connectivity index (χ3n) is 2.94. The summed E-state index contributed by atoms with van der Waals surface area (Å²) < 4.78 is 0. The number of pyridine rings is 1. The quantitative estimate of drug-likeness (QED) is 0.899. The van der Waals surface area contributed by atoms with Crippen LogP contribution in [0.2, 0.25) is 0 Å². The molecule has 0 bridgehead atoms. The zero-order chi connectivity index (χ0) is 13.1. The lowest BCUT2D eigenvalue weighted by molar-refractivity contribution is 0.995. The van der Waals surface area contributed by atoms with Crippen molar-refractivity contribution in [3.63, 3.8) is 0 Å². The number of hydrogen-bond donors (Lipinski definition) is 1. The summed E-state index contributed by atoms with van der Waals surface area (Å²) in [6.45, 7) is 6.14. The molecule has 0 radical (unpaired) electrons. The monoisotopic (exact) mass is 242 g/mol. The molecule has 0 amide bonds. The lowest BCUT2D eigenvalue weighted by Gasteiger charge is -2.11. The van der Waals surface area contributed by atoms with E-state index in [2.05, 4.69) is 27.2 Å². The van der Waals surface area contributed by atoms with E-state index >= 15 is 0 Å². The van der Waals surface area contributed by atoms with Crippen molar-refractivity contribution in [2.45, 2.75) is 27.2 Å². The highest BCUT2D eigenvalue weighted by Crippen LogP contribution is 2.21. The number of rotatable bonds is 3. The van der Waals surface area contributed by atoms with Gasteiger partial charge in [0, 0.05) is 24.5 Å². The molecule has 2 heterocycles. The normalized spacial score (nSPS) is 10.4. The molecule has 2 rings (SSSR count). The van der Waals surface area contributed by atoms with Crippen LogP contribution in [0, 0.1) is 13.8 Å². The van der Waals surface area contributed by atoms with Crippen molar-refractivity contribution in [1.29, 1.82) is 0 Å². The summed E-state index contributed by atoms with van der Waals surface area (Å²) >= 11 is 0. The Morgan fingerprint density at radius 2 is 1.94 bits per heavy atom. The van der Waals surface area contributed by atoms with Gasteiger partial charge in [-0.1, -0.05) is 13.0 Å². The highest BCUT2D eigenvalue weighted by molar-refractivity contribution is 5.56. The molecule has 1 N–H and O–H groups in total. The molecule has 0 aliphatic heterocycles. The Kier molecular flexibility index (Phi) is 3.55. The van der Waals surface area contributed by atoms with Gasteiger partial charge in [0.25, 0.3) is 0 Å². The van der Waals surface area contributed by atoms with Crippen molar-refractivity contribution in [3.05, 3.63) is 35.2 Å². The number of hydrogen-bond acceptors (Lipinski definition) is 4. The zero-order valence-corrected chi connectivity index (χ0v) is 11.3. The van der Waals surface area contributed by atoms with E-state index < -0.39 is 0 Å². The van der Waals surface area contributed by atoms with E-state index in [4.69, 9.17) is 0 Å². The Hall–Kier alpha value is -1.97. The second-order valence-corrected chi connectivity index (χ2v) is 4.28. The van der Waals surface area contributed by atoms with Crippen molar-refractivity contribution < 1.29 is 0 Å². The van der Waals surface area contributed by atoms with E-state index in [9.17, 15) is 0 Å². The van der Waals surface area contributed by atoms with E-state index in [1.165, 1.54) is 0 Å². The van der Waals surface area contributed by atoms with Crippen molar-refractivity contribution in [1.82, 2.24) is 15.0 Å². The lowest BCUT2D eigenvalue weighted by atomic mass is 10.1. The van der Waals surface area contributed by atoms with Crippen LogP contribution in [-0.4, -0.2) is 22.0 Å². The number of anilines is 1. The van der Waals surface area contributed by atoms with Crippen molar-refractivity contribution in [2.75, 3.05) is 12.4 Å². The molecule has 0 spiro atoms. The van der Waals surface area contributed by atoms with Gasteiger partial charge in [0.1, 0.15) is 11.5 Å². The topological polar surface area (TPSA) is 50.7 Å². The van der Waals surface area contributed by atoms with Gasteiger partial charge in [0.05, 0.1) is 0 Å². The smallest absolute Gasteiger partial charge is 0.180 e. The molecule has 0 aliphatic carbocycles. The summed E-state index contributed by atoms with van der Waals surface area (Å²) in [6, 6.07) is 3.98. The first-order chi connectivity index (χ1) is 8.65. The van der Waals surface area contributed by atoms with Crippen LogP contribution in [0.5, 0.6) is 0 Å². The lowest BCUT2D eigenvalue weighted by Crippen LogP contribution is -2.05. The van der Waals surface area contributed by atoms with E-state index in [1.54, 1.807) is 0 Å². The average molecular weight is 242 g/mol. The molecular formula is C14H18N4. The van der Waals surface area contributed by atoms with Crippen LogP contribution in [0.4, 0.5) is 5.82 Å². The Morgan fingerprint density at radius 1 is 1.17 bits per heavy atom. The molecular weight excluding hydrogens is 224 g/mol. The average Bonchev–Trinajstić information content (AvgIpc) is 2.38. The molecule has 0 aromatic carbocycles. The molecule has 0 aliphatic rings. The molecule has 4 nitrogen and oxygen atoms in total. The van der Waals surface area contributed by atoms with Gasteiger partial charge in [0.2, 0.25) is 0 Å². The van der Waals surface area contributed by atoms with E-state index in [0.29, 0.717) is 5.82 Å². The highest BCUT2D eigenvalue weighted by Gasteiger charge is 2.11. The molecule has 0 saturated heterocycles. The maximum Gasteiger partial charge on any atom is 0.180 e. The van der Waals surface area contributed by atoms with Crippen molar-refractivity contribution in [2.24, 2.45) is 0 Å². The summed E-state index contributed by atoms with van der Waals surface area (Å²) in [5.74, 6) is 1.57. The minimum atomic E-state index is 0.675. The van der Waals surface area contributed by atoms with Crippen molar-refractivity contribution >= 4 is 5.82 Å². The Morgan fingerprint density at radius 3 is 2.50 bits per heavy atom. The Balaban J connectivity index is 2.52. The molecule has 2 aromatic heterocycles. The van der Waals surface area contributed by atoms with Gasteiger partial charge in [-0.25, -0.2) is 9.97 Å². The first-order valence-electron chi connectivity index (χ1n) is 6.14. The van der Waals surface area contributed by atoms with Crippen LogP contribution in [0.25, 0.3) is 11.5 Å². The molecule has 0 saturated carbocycles. The second-order valence-electron chi connectivity index (χ2n) is 4.28. The summed E-state index contributed by atoms with van der Waals surface area (Å²) in [7, 11) is 1.88. The predicted octanol–water partition coefficient (Wildman–Crippen LogP) is 2.76. The van der Waals surface area contributed by atoms with Gasteiger partial charge in [-0.3, -0.25) is 4.98 Å². The van der Waals surface area contributed by atoms with E-state index in [0.717, 1.165) is 34.8 Å². The SMILES string of the molecule is CCc1c(C)nc(-c2ccc(C)cn2)nc1NC. The largest absolute Gasteiger partial charge is 0.373 e. The minimum Gasteiger partial charge on any atom is -0.373 e. The standard InChI is InChI=1S/C14H18N4/c1-5-11-10(3)17-14(18-13(11)15-4)12-7-6-9(2)8-16-12/h6-8H,5H2,1-4H3,(H,15,17,18). The van der Waals surface area contributed by atoms with Gasteiger partial charge in [0.15, 0.2) is 5.82 Å². The molecule has 18 heavy (non-hydrogen) atoms. The van der Waals surface area contributed by atoms with Crippen LogP contribution in [0.1, 0.15) is 23.7 Å². The second kappa shape index (κ2) is 5.12. The van der Waals surface area contributed by atoms with Gasteiger partial charge < -0.3 is 5.32 Å². The van der Waals surface area contributed by atoms with Crippen molar-refractivity contribution in [3.8, 4) is 11.5 Å². The van der Waals surface area contributed by atoms with Crippen LogP contribution in [0.3, 0.4) is 0 Å². The molecule has 0 fully saturated rings. The van der Waals surface area contributed by atoms with Crippen LogP contribution in [0.15, 0.2) is 18.3 Å². The fourth-order valence-electron chi connectivity index (χ4n) is 1.94. The summed E-state index contributed by atoms with van der Waals surface area (Å²) in [6.07, 6.45) is 2.75. The number of nitrogens with zero attached hydrogens (tertiary/aromatic N) is 3. The zero-order valence-electron chi connectivity index (χ0n) is 11.3. The Bertz CT molecular complexity index is 546. The molecule has 2 aromatic rings. The van der Waals surface area contributed by atoms with Gasteiger partial charge >= 0.3 is 0 Å². The summed E-state index contributed by atoms with van der Waals surface area (Å²) in [5, 5.41) is 3.13. The highest BCUT2D eigenvalue weighted by atomic mass is 15.0. The number of nitrogens with one attached hydrogen (secondary N) is 1. The van der Waals surface area contributed by atoms with E-state index in [-0.39, 0.29) is 0 Å². The first kappa shape index (κ1) is 12.5. The van der Waals surface area contributed by atoms with Crippen LogP contribution in [-0.2, 0) is 6.42 Å². The van der Waals surface area contributed by atoms with Gasteiger partial charge in [-0.15, -0.1) is 0 Å². The molecule has 0 unspecified atom stereocenters. The summed E-state index contributed by atoms with van der Waals surface area (Å²) in [5.41, 5.74) is 4.11. The van der Waals surface area contributed by atoms with Gasteiger partial charge in [-0.05, 0) is 31.9 Å². The fourth-order valence-corrected chi connectivity index (χ4v) is 1.94. The molecule has 94 valence electrons. The first-order valence-corrected chi connectivity index (χ1v) is 6.14. The number of aromatic nitrogens is 3. The van der Waals surface area contributed by atoms with Gasteiger partial charge in [-0.2, -0.15) is 0 Å². The maximum atomic E-state index is 4.54. The molecule has 4 heteroatoms.